The van der Waals surface area contributed by atoms with Gasteiger partial charge in [0.1, 0.15) is 0 Å². The zero-order chi connectivity index (χ0) is 13.8. The lowest BCUT2D eigenvalue weighted by molar-refractivity contribution is 0.00578. The number of nitrogens with one attached hydrogen (secondary N) is 1. The van der Waals surface area contributed by atoms with Gasteiger partial charge in [-0.25, -0.2) is 0 Å². The molecule has 0 aromatic carbocycles. The average molecular weight is 258 g/mol. The van der Waals surface area contributed by atoms with E-state index in [0.717, 1.165) is 22.2 Å². The van der Waals surface area contributed by atoms with Gasteiger partial charge < -0.3 is 14.3 Å². The summed E-state index contributed by atoms with van der Waals surface area (Å²) in [6.07, 6.45) is 1.83. The van der Waals surface area contributed by atoms with Crippen LogP contribution in [0.25, 0.3) is 11.0 Å². The van der Waals surface area contributed by atoms with Crippen molar-refractivity contribution in [2.24, 2.45) is 0 Å². The molecule has 4 nitrogen and oxygen atoms in total. The van der Waals surface area contributed by atoms with E-state index in [9.17, 15) is 0 Å². The summed E-state index contributed by atoms with van der Waals surface area (Å²) in [5.41, 5.74) is 3.40. The first-order valence-corrected chi connectivity index (χ1v) is 6.59. The second-order valence-electron chi connectivity index (χ2n) is 6.24. The van der Waals surface area contributed by atoms with Gasteiger partial charge in [0.05, 0.1) is 22.2 Å². The highest BCUT2D eigenvalue weighted by atomic mass is 16.7. The molecule has 2 aromatic rings. The van der Waals surface area contributed by atoms with E-state index in [0.29, 0.717) is 0 Å². The van der Waals surface area contributed by atoms with E-state index in [1.54, 1.807) is 0 Å². The molecule has 1 N–H and O–H groups in total. The van der Waals surface area contributed by atoms with E-state index >= 15 is 0 Å². The van der Waals surface area contributed by atoms with E-state index in [1.807, 2.05) is 19.2 Å². The number of nitrogens with zero attached hydrogens (tertiary/aromatic N) is 1. The van der Waals surface area contributed by atoms with Crippen LogP contribution in [0.15, 0.2) is 18.3 Å². The van der Waals surface area contributed by atoms with Gasteiger partial charge in [0.25, 0.3) is 0 Å². The number of aromatic nitrogens is 2. The van der Waals surface area contributed by atoms with Crippen molar-refractivity contribution >= 4 is 23.6 Å². The van der Waals surface area contributed by atoms with Gasteiger partial charge in [0, 0.05) is 17.4 Å². The molecule has 0 saturated carbocycles. The van der Waals surface area contributed by atoms with Crippen LogP contribution < -0.4 is 5.46 Å². The third kappa shape index (κ3) is 1.97. The zero-order valence-corrected chi connectivity index (χ0v) is 12.1. The minimum Gasteiger partial charge on any atom is -0.399 e. The van der Waals surface area contributed by atoms with Gasteiger partial charge in [-0.2, -0.15) is 0 Å². The molecule has 1 saturated heterocycles. The van der Waals surface area contributed by atoms with Crippen LogP contribution in [-0.2, 0) is 9.31 Å². The quantitative estimate of drug-likeness (QED) is 0.797. The van der Waals surface area contributed by atoms with Gasteiger partial charge in [0.2, 0.25) is 0 Å². The van der Waals surface area contributed by atoms with E-state index < -0.39 is 0 Å². The first-order valence-electron chi connectivity index (χ1n) is 6.59. The third-order valence-electron chi connectivity index (χ3n) is 4.15. The number of hydrogen-bond donors (Lipinski definition) is 1. The Labute approximate surface area is 113 Å². The van der Waals surface area contributed by atoms with Crippen molar-refractivity contribution in [3.63, 3.8) is 0 Å². The van der Waals surface area contributed by atoms with Gasteiger partial charge in [-0.3, -0.25) is 4.98 Å². The van der Waals surface area contributed by atoms with E-state index in [4.69, 9.17) is 9.31 Å². The number of fused-ring (bicyclic) bond motifs is 1. The SMILES string of the molecule is Cc1cc2ncc(B3OC(C)(C)C(C)(C)O3)cc2[nH]1. The van der Waals surface area contributed by atoms with Crippen LogP contribution in [0.5, 0.6) is 0 Å². The highest BCUT2D eigenvalue weighted by molar-refractivity contribution is 6.62. The number of aromatic amines is 1. The number of H-pyrrole nitrogens is 1. The van der Waals surface area contributed by atoms with Crippen LogP contribution in [0.4, 0.5) is 0 Å². The lowest BCUT2D eigenvalue weighted by atomic mass is 9.80. The summed E-state index contributed by atoms with van der Waals surface area (Å²) in [7, 11) is -0.356. The van der Waals surface area contributed by atoms with Crippen LogP contribution >= 0.6 is 0 Å². The summed E-state index contributed by atoms with van der Waals surface area (Å²) in [6.45, 7) is 10.2. The largest absolute Gasteiger partial charge is 0.496 e. The molecule has 1 aliphatic heterocycles. The second kappa shape index (κ2) is 3.84. The highest BCUT2D eigenvalue weighted by Gasteiger charge is 2.51. The Morgan fingerprint density at radius 3 is 2.37 bits per heavy atom. The van der Waals surface area contributed by atoms with Crippen molar-refractivity contribution in [3.05, 3.63) is 24.0 Å². The maximum absolute atomic E-state index is 6.03. The smallest absolute Gasteiger partial charge is 0.399 e. The molecule has 0 bridgehead atoms. The van der Waals surface area contributed by atoms with Crippen LogP contribution in [0.2, 0.25) is 0 Å². The van der Waals surface area contributed by atoms with Crippen LogP contribution in [0.1, 0.15) is 33.4 Å². The average Bonchev–Trinajstić information content (AvgIpc) is 2.74. The van der Waals surface area contributed by atoms with Crippen molar-refractivity contribution in [1.82, 2.24) is 9.97 Å². The maximum Gasteiger partial charge on any atom is 0.496 e. The van der Waals surface area contributed by atoms with Crippen molar-refractivity contribution in [2.75, 3.05) is 0 Å². The third-order valence-corrected chi connectivity index (χ3v) is 4.15. The normalized spacial score (nSPS) is 21.2. The molecule has 1 aliphatic rings. The highest BCUT2D eigenvalue weighted by Crippen LogP contribution is 2.36. The minimum absolute atomic E-state index is 0.321. The summed E-state index contributed by atoms with van der Waals surface area (Å²) in [5.74, 6) is 0. The summed E-state index contributed by atoms with van der Waals surface area (Å²) in [5, 5.41) is 0. The van der Waals surface area contributed by atoms with Crippen molar-refractivity contribution in [1.29, 1.82) is 0 Å². The lowest BCUT2D eigenvalue weighted by Gasteiger charge is -2.32. The van der Waals surface area contributed by atoms with Crippen LogP contribution in [0, 0.1) is 6.92 Å². The summed E-state index contributed by atoms with van der Waals surface area (Å²) in [4.78, 5) is 7.74. The zero-order valence-electron chi connectivity index (χ0n) is 12.1. The fourth-order valence-electron chi connectivity index (χ4n) is 2.27. The molecule has 0 aliphatic carbocycles. The van der Waals surface area contributed by atoms with Crippen molar-refractivity contribution in [2.45, 2.75) is 45.8 Å². The summed E-state index contributed by atoms with van der Waals surface area (Å²) >= 11 is 0. The number of pyridine rings is 1. The first-order chi connectivity index (χ1) is 8.78. The Balaban J connectivity index is 1.97. The number of hydrogen-bond acceptors (Lipinski definition) is 3. The summed E-state index contributed by atoms with van der Waals surface area (Å²) < 4.78 is 12.1. The monoisotopic (exact) mass is 258 g/mol. The molecule has 1 fully saturated rings. The minimum atomic E-state index is -0.356. The first kappa shape index (κ1) is 12.7. The second-order valence-corrected chi connectivity index (χ2v) is 6.24. The Hall–Kier alpha value is -1.33. The topological polar surface area (TPSA) is 47.1 Å². The molecule has 3 heterocycles. The van der Waals surface area contributed by atoms with E-state index in [-0.39, 0.29) is 18.3 Å². The van der Waals surface area contributed by atoms with Crippen LogP contribution in [0.3, 0.4) is 0 Å². The molecule has 2 aromatic heterocycles. The van der Waals surface area contributed by atoms with Gasteiger partial charge in [0.15, 0.2) is 0 Å². The van der Waals surface area contributed by atoms with E-state index in [2.05, 4.69) is 43.7 Å². The molecule has 0 unspecified atom stereocenters. The van der Waals surface area contributed by atoms with Crippen molar-refractivity contribution < 1.29 is 9.31 Å². The van der Waals surface area contributed by atoms with Crippen molar-refractivity contribution in [3.8, 4) is 0 Å². The fraction of sp³-hybridized carbons (Fsp3) is 0.500. The Kier molecular flexibility index (Phi) is 2.56. The Bertz CT molecular complexity index is 617. The van der Waals surface area contributed by atoms with E-state index in [1.165, 1.54) is 0 Å². The molecule has 5 heteroatoms. The molecule has 100 valence electrons. The molecular formula is C14H19BN2O2. The van der Waals surface area contributed by atoms with Gasteiger partial charge in [-0.1, -0.05) is 0 Å². The molecule has 0 spiro atoms. The molecule has 0 atom stereocenters. The predicted molar refractivity (Wildman–Crippen MR) is 76.5 cm³/mol. The molecule has 0 amide bonds. The molecule has 0 radical (unpaired) electrons. The molecule has 19 heavy (non-hydrogen) atoms. The predicted octanol–water partition coefficient (Wildman–Crippen LogP) is 2.17. The standard InChI is InChI=1S/C14H19BN2O2/c1-9-6-11-12(17-9)7-10(8-16-11)15-18-13(2,3)14(4,5)19-15/h6-8,17H,1-5H3. The lowest BCUT2D eigenvalue weighted by Crippen LogP contribution is -2.41. The van der Waals surface area contributed by atoms with Gasteiger partial charge in [-0.15, -0.1) is 0 Å². The van der Waals surface area contributed by atoms with Crippen LogP contribution in [-0.4, -0.2) is 28.3 Å². The summed E-state index contributed by atoms with van der Waals surface area (Å²) in [6, 6.07) is 4.08. The maximum atomic E-state index is 6.03. The van der Waals surface area contributed by atoms with Gasteiger partial charge in [-0.05, 0) is 46.8 Å². The number of rotatable bonds is 1. The Morgan fingerprint density at radius 1 is 1.11 bits per heavy atom. The Morgan fingerprint density at radius 2 is 1.74 bits per heavy atom. The van der Waals surface area contributed by atoms with Gasteiger partial charge >= 0.3 is 7.12 Å². The molecular weight excluding hydrogens is 239 g/mol. The number of aryl methyl sites for hydroxylation is 1. The molecule has 3 rings (SSSR count). The fourth-order valence-corrected chi connectivity index (χ4v) is 2.27.